The van der Waals surface area contributed by atoms with Gasteiger partial charge >= 0.3 is 0 Å². The van der Waals surface area contributed by atoms with Crippen LogP contribution in [0.5, 0.6) is 0 Å². The zero-order valence-corrected chi connectivity index (χ0v) is 14.4. The standard InChI is InChI=1S/C11H18N2O5S3/c1-4-7(2)20(15,16)11-9(6-13-8(3)14)5-10(19-11)21(12,17)18/h5,7H,4,6H2,1-3H3,(H,13,14)(H2,12,17,18). The second-order valence-corrected chi connectivity index (χ2v) is 10.00. The molecule has 1 amide bonds. The van der Waals surface area contributed by atoms with Crippen LogP contribution in [-0.4, -0.2) is 28.0 Å². The van der Waals surface area contributed by atoms with Gasteiger partial charge in [-0.05, 0) is 19.4 Å². The zero-order chi connectivity index (χ0) is 16.4. The molecule has 0 bridgehead atoms. The predicted molar refractivity (Wildman–Crippen MR) is 80.2 cm³/mol. The maximum atomic E-state index is 12.4. The fraction of sp³-hybridized carbons (Fsp3) is 0.545. The molecule has 1 unspecified atom stereocenters. The smallest absolute Gasteiger partial charge is 0.247 e. The van der Waals surface area contributed by atoms with Crippen LogP contribution in [-0.2, 0) is 31.2 Å². The fourth-order valence-electron chi connectivity index (χ4n) is 1.51. The van der Waals surface area contributed by atoms with Gasteiger partial charge in [-0.25, -0.2) is 22.0 Å². The van der Waals surface area contributed by atoms with Crippen molar-refractivity contribution in [3.8, 4) is 0 Å². The number of carbonyl (C=O) groups is 1. The highest BCUT2D eigenvalue weighted by Crippen LogP contribution is 2.33. The minimum Gasteiger partial charge on any atom is -0.352 e. The summed E-state index contributed by atoms with van der Waals surface area (Å²) in [6.45, 7) is 4.50. The van der Waals surface area contributed by atoms with Crippen LogP contribution in [0.3, 0.4) is 0 Å². The number of amides is 1. The first-order valence-electron chi connectivity index (χ1n) is 6.14. The number of nitrogens with two attached hydrogens (primary N) is 1. The molecule has 0 spiro atoms. The molecule has 3 N–H and O–H groups in total. The Labute approximate surface area is 128 Å². The van der Waals surface area contributed by atoms with Crippen LogP contribution in [0.15, 0.2) is 14.5 Å². The van der Waals surface area contributed by atoms with E-state index >= 15 is 0 Å². The van der Waals surface area contributed by atoms with Gasteiger partial charge in [0.2, 0.25) is 15.9 Å². The highest BCUT2D eigenvalue weighted by atomic mass is 32.3. The third-order valence-electron chi connectivity index (χ3n) is 2.92. The van der Waals surface area contributed by atoms with Crippen molar-refractivity contribution in [2.24, 2.45) is 5.14 Å². The summed E-state index contributed by atoms with van der Waals surface area (Å²) in [6, 6.07) is 1.20. The van der Waals surface area contributed by atoms with Crippen molar-refractivity contribution in [1.82, 2.24) is 5.32 Å². The third kappa shape index (κ3) is 4.25. The van der Waals surface area contributed by atoms with Gasteiger partial charge in [0.1, 0.15) is 8.42 Å². The molecular formula is C11H18N2O5S3. The molecule has 1 aromatic heterocycles. The molecule has 1 atom stereocenters. The van der Waals surface area contributed by atoms with E-state index < -0.39 is 25.1 Å². The van der Waals surface area contributed by atoms with E-state index in [9.17, 15) is 21.6 Å². The van der Waals surface area contributed by atoms with E-state index in [2.05, 4.69) is 5.32 Å². The van der Waals surface area contributed by atoms with Gasteiger partial charge < -0.3 is 5.32 Å². The van der Waals surface area contributed by atoms with Crippen LogP contribution in [0.2, 0.25) is 0 Å². The number of sulfone groups is 1. The second-order valence-electron chi connectivity index (χ2n) is 4.60. The van der Waals surface area contributed by atoms with Crippen LogP contribution in [0.25, 0.3) is 0 Å². The lowest BCUT2D eigenvalue weighted by Gasteiger charge is -2.11. The van der Waals surface area contributed by atoms with E-state index in [0.717, 1.165) is 0 Å². The zero-order valence-electron chi connectivity index (χ0n) is 11.9. The molecule has 1 heterocycles. The van der Waals surface area contributed by atoms with Crippen LogP contribution in [0, 0.1) is 0 Å². The van der Waals surface area contributed by atoms with Gasteiger partial charge in [-0.1, -0.05) is 6.92 Å². The molecular weight excluding hydrogens is 336 g/mol. The summed E-state index contributed by atoms with van der Waals surface area (Å²) in [5, 5.41) is 6.86. The maximum absolute atomic E-state index is 12.4. The van der Waals surface area contributed by atoms with Gasteiger partial charge in [0, 0.05) is 19.0 Å². The summed E-state index contributed by atoms with van der Waals surface area (Å²) in [6.07, 6.45) is 0.393. The van der Waals surface area contributed by atoms with Crippen molar-refractivity contribution in [2.45, 2.75) is 47.4 Å². The van der Waals surface area contributed by atoms with Crippen LogP contribution < -0.4 is 10.5 Å². The fourth-order valence-corrected chi connectivity index (χ4v) is 5.87. The number of rotatable bonds is 6. The van der Waals surface area contributed by atoms with Gasteiger partial charge in [0.05, 0.1) is 5.25 Å². The lowest BCUT2D eigenvalue weighted by atomic mass is 10.3. The molecule has 10 heteroatoms. The van der Waals surface area contributed by atoms with E-state index in [0.29, 0.717) is 17.8 Å². The average molecular weight is 354 g/mol. The van der Waals surface area contributed by atoms with E-state index in [1.807, 2.05) is 0 Å². The molecule has 0 aliphatic rings. The Balaban J connectivity index is 3.41. The van der Waals surface area contributed by atoms with Gasteiger partial charge in [0.15, 0.2) is 9.84 Å². The summed E-state index contributed by atoms with van der Waals surface area (Å²) >= 11 is 0.617. The summed E-state index contributed by atoms with van der Waals surface area (Å²) in [5.74, 6) is -0.342. The molecule has 21 heavy (non-hydrogen) atoms. The molecule has 120 valence electrons. The number of hydrogen-bond donors (Lipinski definition) is 2. The number of primary sulfonamides is 1. The number of nitrogens with one attached hydrogen (secondary N) is 1. The van der Waals surface area contributed by atoms with E-state index in [1.165, 1.54) is 13.0 Å². The second kappa shape index (κ2) is 6.42. The minimum atomic E-state index is -3.99. The molecule has 1 rings (SSSR count). The molecule has 0 aromatic carbocycles. The highest BCUT2D eigenvalue weighted by molar-refractivity contribution is 7.95. The van der Waals surface area contributed by atoms with E-state index in [1.54, 1.807) is 13.8 Å². The van der Waals surface area contributed by atoms with Crippen LogP contribution in [0.1, 0.15) is 32.8 Å². The van der Waals surface area contributed by atoms with Gasteiger partial charge in [-0.3, -0.25) is 4.79 Å². The summed E-state index contributed by atoms with van der Waals surface area (Å²) in [4.78, 5) is 11.0. The van der Waals surface area contributed by atoms with Gasteiger partial charge in [-0.2, -0.15) is 0 Å². The van der Waals surface area contributed by atoms with Crippen molar-refractivity contribution < 1.29 is 21.6 Å². The third-order valence-corrected chi connectivity index (χ3v) is 8.43. The first kappa shape index (κ1) is 18.1. The van der Waals surface area contributed by atoms with Crippen molar-refractivity contribution in [1.29, 1.82) is 0 Å². The Morgan fingerprint density at radius 2 is 1.95 bits per heavy atom. The van der Waals surface area contributed by atoms with Gasteiger partial charge in [-0.15, -0.1) is 11.3 Å². The van der Waals surface area contributed by atoms with Crippen molar-refractivity contribution >= 4 is 37.1 Å². The molecule has 7 nitrogen and oxygen atoms in total. The van der Waals surface area contributed by atoms with E-state index in [-0.39, 0.29) is 26.4 Å². The lowest BCUT2D eigenvalue weighted by Crippen LogP contribution is -2.22. The molecule has 0 saturated heterocycles. The Morgan fingerprint density at radius 3 is 2.38 bits per heavy atom. The Hall–Kier alpha value is -0.970. The SMILES string of the molecule is CCC(C)S(=O)(=O)c1sc(S(N)(=O)=O)cc1CNC(C)=O. The number of sulfonamides is 1. The first-order chi connectivity index (χ1) is 9.50. The van der Waals surface area contributed by atoms with Crippen molar-refractivity contribution in [3.05, 3.63) is 11.6 Å². The van der Waals surface area contributed by atoms with Crippen LogP contribution in [0.4, 0.5) is 0 Å². The first-order valence-corrected chi connectivity index (χ1v) is 10.0. The van der Waals surface area contributed by atoms with Crippen molar-refractivity contribution in [2.75, 3.05) is 0 Å². The normalized spacial score (nSPS) is 13.9. The topological polar surface area (TPSA) is 123 Å². The van der Waals surface area contributed by atoms with Gasteiger partial charge in [0.25, 0.3) is 0 Å². The highest BCUT2D eigenvalue weighted by Gasteiger charge is 2.29. The van der Waals surface area contributed by atoms with E-state index in [4.69, 9.17) is 5.14 Å². The number of carbonyl (C=O) groups excluding carboxylic acids is 1. The number of hydrogen-bond acceptors (Lipinski definition) is 6. The molecule has 0 radical (unpaired) electrons. The molecule has 0 fully saturated rings. The predicted octanol–water partition coefficient (Wildman–Crippen LogP) is 0.604. The molecule has 1 aromatic rings. The monoisotopic (exact) mass is 354 g/mol. The Bertz CT molecular complexity index is 734. The summed E-state index contributed by atoms with van der Waals surface area (Å²) < 4.78 is 47.4. The maximum Gasteiger partial charge on any atom is 0.247 e. The average Bonchev–Trinajstić information content (AvgIpc) is 2.79. The molecule has 0 aliphatic carbocycles. The number of thiophene rings is 1. The van der Waals surface area contributed by atoms with Crippen molar-refractivity contribution in [3.63, 3.8) is 0 Å². The minimum absolute atomic E-state index is 0.0605. The van der Waals surface area contributed by atoms with Crippen LogP contribution >= 0.6 is 11.3 Å². The summed E-state index contributed by atoms with van der Waals surface area (Å²) in [7, 11) is -7.65. The lowest BCUT2D eigenvalue weighted by molar-refractivity contribution is -0.119. The largest absolute Gasteiger partial charge is 0.352 e. The molecule has 0 saturated carbocycles. The Morgan fingerprint density at radius 1 is 1.38 bits per heavy atom. The quantitative estimate of drug-likeness (QED) is 0.774. The molecule has 0 aliphatic heterocycles. The summed E-state index contributed by atoms with van der Waals surface area (Å²) in [5.41, 5.74) is 0.236. The Kier molecular flexibility index (Phi) is 5.53.